The molecule has 11 rings (SSSR count). The zero-order chi connectivity index (χ0) is 39.3. The molecule has 0 bridgehead atoms. The molecule has 0 aliphatic carbocycles. The Balaban J connectivity index is 0.984. The molecule has 0 amide bonds. The van der Waals surface area contributed by atoms with Crippen LogP contribution in [-0.4, -0.2) is 4.57 Å². The smallest absolute Gasteiger partial charge is 0.123 e. The van der Waals surface area contributed by atoms with Crippen molar-refractivity contribution in [2.75, 3.05) is 4.90 Å². The predicted molar refractivity (Wildman–Crippen MR) is 247 cm³/mol. The van der Waals surface area contributed by atoms with Gasteiger partial charge in [0.2, 0.25) is 0 Å². The van der Waals surface area contributed by atoms with Crippen molar-refractivity contribution >= 4 is 60.4 Å². The van der Waals surface area contributed by atoms with Gasteiger partial charge < -0.3 is 9.47 Å². The highest BCUT2D eigenvalue weighted by Gasteiger charge is 2.19. The fourth-order valence-corrected chi connectivity index (χ4v) is 8.98. The van der Waals surface area contributed by atoms with Crippen LogP contribution in [0.5, 0.6) is 0 Å². The van der Waals surface area contributed by atoms with Crippen molar-refractivity contribution in [2.24, 2.45) is 0 Å². The molecule has 278 valence electrons. The molecule has 1 heterocycles. The highest BCUT2D eigenvalue weighted by Crippen LogP contribution is 2.45. The number of fused-ring (bicyclic) bond motifs is 5. The van der Waals surface area contributed by atoms with E-state index in [4.69, 9.17) is 0 Å². The molecular weight excluding hydrogens is 720 g/mol. The SMILES string of the molecule is Fc1ccc(-n2c3ccccc3c3cc(-c4ccc(N(c5ccccc5)c5ccc(-c6c7ccccc7c(-c7ccccc7)c7ccccc67)cc5)cc4)ccc32)cc1. The molecule has 0 saturated heterocycles. The van der Waals surface area contributed by atoms with Crippen LogP contribution in [0.15, 0.2) is 224 Å². The van der Waals surface area contributed by atoms with Crippen LogP contribution in [0.25, 0.3) is 82.4 Å². The first kappa shape index (κ1) is 34.5. The summed E-state index contributed by atoms with van der Waals surface area (Å²) in [5, 5.41) is 7.31. The summed E-state index contributed by atoms with van der Waals surface area (Å²) >= 11 is 0. The van der Waals surface area contributed by atoms with E-state index in [-0.39, 0.29) is 5.82 Å². The first-order valence-corrected chi connectivity index (χ1v) is 20.0. The minimum atomic E-state index is -0.240. The van der Waals surface area contributed by atoms with Gasteiger partial charge in [-0.1, -0.05) is 146 Å². The zero-order valence-electron chi connectivity index (χ0n) is 32.1. The highest BCUT2D eigenvalue weighted by atomic mass is 19.1. The first-order chi connectivity index (χ1) is 29.2. The first-order valence-electron chi connectivity index (χ1n) is 20.0. The Labute approximate surface area is 342 Å². The third-order valence-electron chi connectivity index (χ3n) is 11.6. The Morgan fingerprint density at radius 3 is 1.31 bits per heavy atom. The molecule has 1 aromatic heterocycles. The molecule has 0 unspecified atom stereocenters. The van der Waals surface area contributed by atoms with E-state index in [0.29, 0.717) is 0 Å². The van der Waals surface area contributed by atoms with Crippen molar-refractivity contribution in [3.05, 3.63) is 230 Å². The van der Waals surface area contributed by atoms with Crippen LogP contribution >= 0.6 is 0 Å². The maximum Gasteiger partial charge on any atom is 0.123 e. The molecule has 11 aromatic rings. The monoisotopic (exact) mass is 756 g/mol. The lowest BCUT2D eigenvalue weighted by Crippen LogP contribution is -2.09. The molecule has 0 radical (unpaired) electrons. The average Bonchev–Trinajstić information content (AvgIpc) is 3.63. The maximum atomic E-state index is 13.9. The summed E-state index contributed by atoms with van der Waals surface area (Å²) in [5.74, 6) is -0.240. The Hall–Kier alpha value is -7.75. The fourth-order valence-electron chi connectivity index (χ4n) is 8.98. The van der Waals surface area contributed by atoms with Crippen LogP contribution in [0.1, 0.15) is 0 Å². The lowest BCUT2D eigenvalue weighted by Gasteiger charge is -2.26. The van der Waals surface area contributed by atoms with Gasteiger partial charge in [0.1, 0.15) is 5.82 Å². The highest BCUT2D eigenvalue weighted by molar-refractivity contribution is 6.21. The van der Waals surface area contributed by atoms with Gasteiger partial charge in [-0.15, -0.1) is 0 Å². The molecular formula is C56H37FN2. The second kappa shape index (κ2) is 14.3. The quantitative estimate of drug-likeness (QED) is 0.147. The Kier molecular flexibility index (Phi) is 8.37. The molecule has 3 heteroatoms. The van der Waals surface area contributed by atoms with Gasteiger partial charge in [0.05, 0.1) is 11.0 Å². The van der Waals surface area contributed by atoms with E-state index in [1.54, 1.807) is 0 Å². The average molecular weight is 757 g/mol. The van der Waals surface area contributed by atoms with Gasteiger partial charge in [0.15, 0.2) is 0 Å². The topological polar surface area (TPSA) is 8.17 Å². The van der Waals surface area contributed by atoms with E-state index in [9.17, 15) is 4.39 Å². The molecule has 59 heavy (non-hydrogen) atoms. The Morgan fingerprint density at radius 1 is 0.305 bits per heavy atom. The lowest BCUT2D eigenvalue weighted by atomic mass is 9.86. The molecule has 0 fully saturated rings. The summed E-state index contributed by atoms with van der Waals surface area (Å²) in [6.45, 7) is 0. The molecule has 0 aliphatic rings. The summed E-state index contributed by atoms with van der Waals surface area (Å²) < 4.78 is 16.1. The number of halogens is 1. The van der Waals surface area contributed by atoms with Gasteiger partial charge in [0.25, 0.3) is 0 Å². The largest absolute Gasteiger partial charge is 0.311 e. The number of rotatable bonds is 7. The molecule has 2 nitrogen and oxygen atoms in total. The number of hydrogen-bond donors (Lipinski definition) is 0. The summed E-state index contributed by atoms with van der Waals surface area (Å²) in [5.41, 5.74) is 13.6. The molecule has 0 spiro atoms. The van der Waals surface area contributed by atoms with E-state index >= 15 is 0 Å². The number of para-hydroxylation sites is 2. The number of nitrogens with zero attached hydrogens (tertiary/aromatic N) is 2. The minimum absolute atomic E-state index is 0.240. The maximum absolute atomic E-state index is 13.9. The van der Waals surface area contributed by atoms with Gasteiger partial charge in [0, 0.05) is 33.5 Å². The standard InChI is InChI=1S/C56H37FN2/c57-42-28-34-46(35-29-42)59-53-22-12-11-17-47(53)52-37-41(27-36-54(52)59)38-23-30-44(31-24-38)58(43-15-5-2-6-16-43)45-32-25-40(26-33-45)56-50-20-9-7-18-48(50)55(39-13-3-1-4-14-39)49-19-8-10-21-51(49)56/h1-37H. The molecule has 0 N–H and O–H groups in total. The fraction of sp³-hybridized carbons (Fsp3) is 0. The van der Waals surface area contributed by atoms with Gasteiger partial charge in [-0.05, 0) is 134 Å². The third kappa shape index (κ3) is 5.95. The molecule has 10 aromatic carbocycles. The molecule has 0 aliphatic heterocycles. The summed E-state index contributed by atoms with van der Waals surface area (Å²) in [4.78, 5) is 2.32. The van der Waals surface area contributed by atoms with Crippen LogP contribution in [0.3, 0.4) is 0 Å². The van der Waals surface area contributed by atoms with Crippen molar-refractivity contribution < 1.29 is 4.39 Å². The van der Waals surface area contributed by atoms with E-state index in [0.717, 1.165) is 55.7 Å². The van der Waals surface area contributed by atoms with Gasteiger partial charge in [-0.2, -0.15) is 0 Å². The van der Waals surface area contributed by atoms with Crippen LogP contribution in [-0.2, 0) is 0 Å². The van der Waals surface area contributed by atoms with Crippen molar-refractivity contribution in [3.8, 4) is 39.1 Å². The van der Waals surface area contributed by atoms with Crippen molar-refractivity contribution in [3.63, 3.8) is 0 Å². The van der Waals surface area contributed by atoms with Gasteiger partial charge in [-0.3, -0.25) is 0 Å². The van der Waals surface area contributed by atoms with Crippen LogP contribution in [0.4, 0.5) is 21.5 Å². The van der Waals surface area contributed by atoms with E-state index in [1.807, 2.05) is 12.1 Å². The van der Waals surface area contributed by atoms with Crippen molar-refractivity contribution in [2.45, 2.75) is 0 Å². The Bertz CT molecular complexity index is 3240. The summed E-state index contributed by atoms with van der Waals surface area (Å²) in [6, 6.07) is 78.6. The summed E-state index contributed by atoms with van der Waals surface area (Å²) in [6.07, 6.45) is 0. The third-order valence-corrected chi connectivity index (χ3v) is 11.6. The number of benzene rings is 10. The van der Waals surface area contributed by atoms with Crippen molar-refractivity contribution in [1.82, 2.24) is 4.57 Å². The second-order valence-corrected chi connectivity index (χ2v) is 15.0. The zero-order valence-corrected chi connectivity index (χ0v) is 32.1. The number of hydrogen-bond acceptors (Lipinski definition) is 1. The van der Waals surface area contributed by atoms with E-state index in [1.165, 1.54) is 55.9 Å². The normalized spacial score (nSPS) is 11.5. The van der Waals surface area contributed by atoms with Crippen molar-refractivity contribution in [1.29, 1.82) is 0 Å². The number of aromatic nitrogens is 1. The van der Waals surface area contributed by atoms with E-state index < -0.39 is 0 Å². The minimum Gasteiger partial charge on any atom is -0.311 e. The lowest BCUT2D eigenvalue weighted by molar-refractivity contribution is 0.627. The molecule has 0 atom stereocenters. The second-order valence-electron chi connectivity index (χ2n) is 15.0. The Morgan fingerprint density at radius 2 is 0.729 bits per heavy atom. The van der Waals surface area contributed by atoms with Crippen LogP contribution in [0, 0.1) is 5.82 Å². The van der Waals surface area contributed by atoms with Gasteiger partial charge in [-0.25, -0.2) is 4.39 Å². The van der Waals surface area contributed by atoms with Crippen LogP contribution in [0.2, 0.25) is 0 Å². The number of anilines is 3. The molecule has 0 saturated carbocycles. The predicted octanol–water partition coefficient (Wildman–Crippen LogP) is 15.7. The summed E-state index contributed by atoms with van der Waals surface area (Å²) in [7, 11) is 0. The van der Waals surface area contributed by atoms with Crippen LogP contribution < -0.4 is 4.90 Å². The van der Waals surface area contributed by atoms with E-state index in [2.05, 4.69) is 210 Å². The van der Waals surface area contributed by atoms with Gasteiger partial charge >= 0.3 is 0 Å².